The van der Waals surface area contributed by atoms with Crippen LogP contribution < -0.4 is 9.47 Å². The summed E-state index contributed by atoms with van der Waals surface area (Å²) in [4.78, 5) is 0.0249. The lowest BCUT2D eigenvalue weighted by Crippen LogP contribution is -2.34. The maximum Gasteiger partial charge on any atom is 0.297 e. The van der Waals surface area contributed by atoms with Gasteiger partial charge in [-0.1, -0.05) is 27.5 Å². The van der Waals surface area contributed by atoms with Gasteiger partial charge in [-0.25, -0.2) is 4.39 Å². The van der Waals surface area contributed by atoms with Crippen LogP contribution in [0.4, 0.5) is 4.39 Å². The first-order chi connectivity index (χ1) is 11.3. The van der Waals surface area contributed by atoms with Gasteiger partial charge in [-0.2, -0.15) is 8.42 Å². The summed E-state index contributed by atoms with van der Waals surface area (Å²) in [6.45, 7) is -0.236. The zero-order valence-electron chi connectivity index (χ0n) is 12.0. The van der Waals surface area contributed by atoms with E-state index in [0.717, 1.165) is 16.6 Å². The van der Waals surface area contributed by atoms with Crippen molar-refractivity contribution >= 4 is 37.6 Å². The standard InChI is InChI=1S/C15H11BrClFO5S/c16-9-1-3-12(4-2-9)24(19,20)22-8-11-7-21-15-13(17)5-10(18)6-14(15)23-11/h1-6,11H,7-8H2. The summed E-state index contributed by atoms with van der Waals surface area (Å²) >= 11 is 9.09. The Labute approximate surface area is 151 Å². The van der Waals surface area contributed by atoms with E-state index in [9.17, 15) is 12.8 Å². The predicted octanol–water partition coefficient (Wildman–Crippen LogP) is 3.79. The third kappa shape index (κ3) is 3.83. The molecule has 0 amide bonds. The molecule has 0 aromatic heterocycles. The highest BCUT2D eigenvalue weighted by Gasteiger charge is 2.26. The van der Waals surface area contributed by atoms with Gasteiger partial charge in [-0.15, -0.1) is 0 Å². The van der Waals surface area contributed by atoms with E-state index >= 15 is 0 Å². The first-order valence-electron chi connectivity index (χ1n) is 6.78. The van der Waals surface area contributed by atoms with Crippen molar-refractivity contribution in [1.29, 1.82) is 0 Å². The van der Waals surface area contributed by atoms with Crippen molar-refractivity contribution in [2.24, 2.45) is 0 Å². The van der Waals surface area contributed by atoms with Crippen molar-refractivity contribution in [3.05, 3.63) is 51.7 Å². The molecule has 1 heterocycles. The largest absolute Gasteiger partial charge is 0.484 e. The van der Waals surface area contributed by atoms with Crippen molar-refractivity contribution in [2.45, 2.75) is 11.0 Å². The van der Waals surface area contributed by atoms with Crippen LogP contribution in [0.5, 0.6) is 11.5 Å². The zero-order chi connectivity index (χ0) is 17.3. The van der Waals surface area contributed by atoms with E-state index in [1.165, 1.54) is 12.1 Å². The molecule has 2 aromatic carbocycles. The fraction of sp³-hybridized carbons (Fsp3) is 0.200. The van der Waals surface area contributed by atoms with E-state index in [1.807, 2.05) is 0 Å². The summed E-state index contributed by atoms with van der Waals surface area (Å²) in [5.74, 6) is -0.239. The van der Waals surface area contributed by atoms with E-state index in [1.54, 1.807) is 12.1 Å². The highest BCUT2D eigenvalue weighted by molar-refractivity contribution is 9.10. The maximum absolute atomic E-state index is 13.4. The minimum absolute atomic E-state index is 0.0249. The first-order valence-corrected chi connectivity index (χ1v) is 9.36. The molecule has 0 bridgehead atoms. The number of hydrogen-bond acceptors (Lipinski definition) is 5. The Morgan fingerprint density at radius 3 is 2.71 bits per heavy atom. The number of hydrogen-bond donors (Lipinski definition) is 0. The van der Waals surface area contributed by atoms with E-state index in [-0.39, 0.29) is 34.6 Å². The third-order valence-corrected chi connectivity index (χ3v) is 5.30. The molecule has 0 spiro atoms. The summed E-state index contributed by atoms with van der Waals surface area (Å²) < 4.78 is 54.3. The summed E-state index contributed by atoms with van der Waals surface area (Å²) in [6.07, 6.45) is -0.708. The SMILES string of the molecule is O=S(=O)(OCC1COc2c(Cl)cc(F)cc2O1)c1ccc(Br)cc1. The Balaban J connectivity index is 1.68. The molecule has 5 nitrogen and oxygen atoms in total. The van der Waals surface area contributed by atoms with Crippen molar-refractivity contribution in [2.75, 3.05) is 13.2 Å². The number of benzene rings is 2. The summed E-state index contributed by atoms with van der Waals surface area (Å²) in [7, 11) is -3.93. The maximum atomic E-state index is 13.4. The molecule has 0 N–H and O–H groups in total. The molecule has 128 valence electrons. The Morgan fingerprint density at radius 2 is 2.00 bits per heavy atom. The van der Waals surface area contributed by atoms with E-state index in [0.29, 0.717) is 0 Å². The molecule has 0 saturated carbocycles. The summed E-state index contributed by atoms with van der Waals surface area (Å²) in [5.41, 5.74) is 0. The lowest BCUT2D eigenvalue weighted by molar-refractivity contribution is 0.0551. The first kappa shape index (κ1) is 17.5. The Hall–Kier alpha value is -1.35. The van der Waals surface area contributed by atoms with Gasteiger partial charge in [-0.3, -0.25) is 4.18 Å². The average molecular weight is 438 g/mol. The fourth-order valence-corrected chi connectivity index (χ4v) is 3.52. The van der Waals surface area contributed by atoms with Crippen LogP contribution in [-0.4, -0.2) is 27.7 Å². The minimum Gasteiger partial charge on any atom is -0.484 e. The van der Waals surface area contributed by atoms with Gasteiger partial charge in [0.1, 0.15) is 19.0 Å². The van der Waals surface area contributed by atoms with E-state index in [2.05, 4.69) is 15.9 Å². The molecule has 3 rings (SSSR count). The topological polar surface area (TPSA) is 61.8 Å². The van der Waals surface area contributed by atoms with Gasteiger partial charge in [0.2, 0.25) is 0 Å². The Kier molecular flexibility index (Phi) is 5.00. The lowest BCUT2D eigenvalue weighted by Gasteiger charge is -2.26. The van der Waals surface area contributed by atoms with Crippen LogP contribution in [-0.2, 0) is 14.3 Å². The Morgan fingerprint density at radius 1 is 1.29 bits per heavy atom. The molecule has 0 radical (unpaired) electrons. The van der Waals surface area contributed by atoms with Crippen LogP contribution in [0.2, 0.25) is 5.02 Å². The smallest absolute Gasteiger partial charge is 0.297 e. The molecule has 24 heavy (non-hydrogen) atoms. The normalized spacial score (nSPS) is 16.9. The summed E-state index contributed by atoms with van der Waals surface area (Å²) in [5, 5.41) is 0.0897. The molecule has 1 atom stereocenters. The lowest BCUT2D eigenvalue weighted by atomic mass is 10.2. The molecule has 2 aromatic rings. The van der Waals surface area contributed by atoms with Crippen molar-refractivity contribution in [3.8, 4) is 11.5 Å². The molecule has 1 unspecified atom stereocenters. The minimum atomic E-state index is -3.93. The monoisotopic (exact) mass is 436 g/mol. The quantitative estimate of drug-likeness (QED) is 0.681. The second kappa shape index (κ2) is 6.87. The van der Waals surface area contributed by atoms with Crippen LogP contribution in [0.3, 0.4) is 0 Å². The average Bonchev–Trinajstić information content (AvgIpc) is 2.53. The number of ether oxygens (including phenoxy) is 2. The predicted molar refractivity (Wildman–Crippen MR) is 88.6 cm³/mol. The second-order valence-corrected chi connectivity index (χ2v) is 7.90. The molecular weight excluding hydrogens is 427 g/mol. The molecule has 1 aliphatic rings. The number of halogens is 3. The van der Waals surface area contributed by atoms with E-state index < -0.39 is 22.0 Å². The van der Waals surface area contributed by atoms with Gasteiger partial charge in [0.25, 0.3) is 10.1 Å². The number of fused-ring (bicyclic) bond motifs is 1. The van der Waals surface area contributed by atoms with Crippen molar-refractivity contribution < 1.29 is 26.5 Å². The van der Waals surface area contributed by atoms with Gasteiger partial charge < -0.3 is 9.47 Å². The van der Waals surface area contributed by atoms with Gasteiger partial charge in [0, 0.05) is 10.5 Å². The molecule has 0 saturated heterocycles. The van der Waals surface area contributed by atoms with Crippen LogP contribution in [0.15, 0.2) is 45.8 Å². The molecule has 9 heteroatoms. The van der Waals surface area contributed by atoms with Gasteiger partial charge in [-0.05, 0) is 30.3 Å². The fourth-order valence-electron chi connectivity index (χ4n) is 2.07. The molecule has 1 aliphatic heterocycles. The Bertz CT molecular complexity index is 857. The molecule has 0 fully saturated rings. The zero-order valence-corrected chi connectivity index (χ0v) is 15.2. The second-order valence-electron chi connectivity index (χ2n) is 4.96. The number of rotatable bonds is 4. The third-order valence-electron chi connectivity index (χ3n) is 3.19. The van der Waals surface area contributed by atoms with Crippen molar-refractivity contribution in [3.63, 3.8) is 0 Å². The highest BCUT2D eigenvalue weighted by atomic mass is 79.9. The van der Waals surface area contributed by atoms with Gasteiger partial charge >= 0.3 is 0 Å². The molecular formula is C15H11BrClFO5S. The highest BCUT2D eigenvalue weighted by Crippen LogP contribution is 2.39. The van der Waals surface area contributed by atoms with Crippen LogP contribution in [0, 0.1) is 5.82 Å². The van der Waals surface area contributed by atoms with Crippen molar-refractivity contribution in [1.82, 2.24) is 0 Å². The van der Waals surface area contributed by atoms with Gasteiger partial charge in [0.15, 0.2) is 17.6 Å². The van der Waals surface area contributed by atoms with Crippen LogP contribution in [0.1, 0.15) is 0 Å². The van der Waals surface area contributed by atoms with Gasteiger partial charge in [0.05, 0.1) is 9.92 Å². The molecule has 0 aliphatic carbocycles. The van der Waals surface area contributed by atoms with E-state index in [4.69, 9.17) is 25.3 Å². The van der Waals surface area contributed by atoms with Crippen LogP contribution >= 0.6 is 27.5 Å². The summed E-state index contributed by atoms with van der Waals surface area (Å²) in [6, 6.07) is 8.26. The van der Waals surface area contributed by atoms with Crippen LogP contribution in [0.25, 0.3) is 0 Å².